The maximum Gasteiger partial charge on any atom is 0.469 e. The molecule has 0 unspecified atom stereocenters. The van der Waals surface area contributed by atoms with Crippen molar-refractivity contribution in [3.8, 4) is 0 Å². The van der Waals surface area contributed by atoms with Crippen LogP contribution in [0.25, 0.3) is 0 Å². The molecule has 0 amide bonds. The van der Waals surface area contributed by atoms with Crippen molar-refractivity contribution in [2.45, 2.75) is 71.3 Å². The average molecular weight is 368 g/mol. The van der Waals surface area contributed by atoms with E-state index >= 15 is 0 Å². The molecule has 25 heavy (non-hydrogen) atoms. The Bertz CT molecular complexity index is 667. The molecule has 0 bridgehead atoms. The molecule has 0 radical (unpaired) electrons. The number of phosphoric acid groups is 1. The molecule has 6 atom stereocenters. The third-order valence-corrected chi connectivity index (χ3v) is 8.67. The molecule has 0 aliphatic heterocycles. The first kappa shape index (κ1) is 17.9. The van der Waals surface area contributed by atoms with Gasteiger partial charge in [0.25, 0.3) is 0 Å². The Labute approximate surface area is 149 Å². The molecular weight excluding hydrogens is 339 g/mol. The number of fused-ring (bicyclic) bond motifs is 5. The van der Waals surface area contributed by atoms with Crippen LogP contribution in [0.3, 0.4) is 0 Å². The second-order valence-corrected chi connectivity index (χ2v) is 10.4. The minimum absolute atomic E-state index is 0.135. The van der Waals surface area contributed by atoms with Gasteiger partial charge in [0.05, 0.1) is 6.10 Å². The molecule has 6 heteroatoms. The van der Waals surface area contributed by atoms with Gasteiger partial charge in [-0.05, 0) is 79.6 Å². The molecule has 0 spiro atoms. The van der Waals surface area contributed by atoms with Crippen LogP contribution < -0.4 is 0 Å². The predicted molar refractivity (Wildman–Crippen MR) is 93.6 cm³/mol. The largest absolute Gasteiger partial charge is 0.469 e. The highest BCUT2D eigenvalue weighted by Crippen LogP contribution is 2.66. The molecule has 3 saturated carbocycles. The zero-order valence-electron chi connectivity index (χ0n) is 15.1. The Morgan fingerprint density at radius 1 is 1.08 bits per heavy atom. The summed E-state index contributed by atoms with van der Waals surface area (Å²) >= 11 is 0. The Morgan fingerprint density at radius 2 is 1.84 bits per heavy atom. The summed E-state index contributed by atoms with van der Waals surface area (Å²) in [6.45, 7) is 4.53. The van der Waals surface area contributed by atoms with Crippen LogP contribution in [0.15, 0.2) is 11.6 Å². The maximum absolute atomic E-state index is 11.9. The van der Waals surface area contributed by atoms with E-state index in [-0.39, 0.29) is 22.7 Å². The first-order valence-corrected chi connectivity index (χ1v) is 11.1. The summed E-state index contributed by atoms with van der Waals surface area (Å²) in [7, 11) is -4.45. The van der Waals surface area contributed by atoms with Gasteiger partial charge in [0, 0.05) is 6.42 Å². The number of phosphoric ester groups is 1. The van der Waals surface area contributed by atoms with Crippen molar-refractivity contribution >= 4 is 13.6 Å². The number of carbonyl (C=O) groups excluding carboxylic acids is 1. The Kier molecular flexibility index (Phi) is 4.12. The third-order valence-electron chi connectivity index (χ3n) is 8.14. The van der Waals surface area contributed by atoms with Crippen LogP contribution in [0.1, 0.15) is 65.2 Å². The average Bonchev–Trinajstić information content (AvgIpc) is 2.83. The van der Waals surface area contributed by atoms with E-state index in [9.17, 15) is 19.1 Å². The smallest absolute Gasteiger partial charge is 0.303 e. The minimum atomic E-state index is -4.45. The Hall–Kier alpha value is -0.480. The lowest BCUT2D eigenvalue weighted by molar-refractivity contribution is -0.117. The van der Waals surface area contributed by atoms with Gasteiger partial charge in [-0.1, -0.05) is 19.4 Å². The number of hydrogen-bond acceptors (Lipinski definition) is 3. The summed E-state index contributed by atoms with van der Waals surface area (Å²) in [6, 6.07) is 0. The standard InChI is InChI=1S/C19H29O5P/c1-18-9-7-13(20)11-12(18)3-4-14-15-5-6-17(24-25(21,22)23)19(15,2)10-8-16(14)18/h11,14-17H,3-10H2,1-2H3,(H2,21,22,23)/t14-,15-,16-,17-,18-,19-/m0/s1. The monoisotopic (exact) mass is 368 g/mol. The molecule has 5 nitrogen and oxygen atoms in total. The summed E-state index contributed by atoms with van der Waals surface area (Å²) in [4.78, 5) is 30.4. The van der Waals surface area contributed by atoms with Crippen molar-refractivity contribution in [2.24, 2.45) is 28.6 Å². The lowest BCUT2D eigenvalue weighted by Gasteiger charge is -2.57. The van der Waals surface area contributed by atoms with E-state index < -0.39 is 7.82 Å². The van der Waals surface area contributed by atoms with Gasteiger partial charge in [-0.15, -0.1) is 0 Å². The topological polar surface area (TPSA) is 83.8 Å². The van der Waals surface area contributed by atoms with E-state index in [1.54, 1.807) is 0 Å². The molecule has 0 heterocycles. The van der Waals surface area contributed by atoms with E-state index in [0.29, 0.717) is 24.2 Å². The molecule has 140 valence electrons. The van der Waals surface area contributed by atoms with Crippen molar-refractivity contribution in [3.05, 3.63) is 11.6 Å². The van der Waals surface area contributed by atoms with Gasteiger partial charge in [0.2, 0.25) is 0 Å². The van der Waals surface area contributed by atoms with Crippen LogP contribution in [0, 0.1) is 28.6 Å². The van der Waals surface area contributed by atoms with Crippen molar-refractivity contribution in [2.75, 3.05) is 0 Å². The fraction of sp³-hybridized carbons (Fsp3) is 0.842. The first-order valence-electron chi connectivity index (χ1n) is 9.61. The van der Waals surface area contributed by atoms with Crippen molar-refractivity contribution in [1.82, 2.24) is 0 Å². The summed E-state index contributed by atoms with van der Waals surface area (Å²) in [5.41, 5.74) is 1.36. The molecule has 0 aromatic carbocycles. The number of allylic oxidation sites excluding steroid dienone is 1. The van der Waals surface area contributed by atoms with Gasteiger partial charge in [-0.25, -0.2) is 4.57 Å². The van der Waals surface area contributed by atoms with Crippen LogP contribution in [-0.4, -0.2) is 21.7 Å². The summed E-state index contributed by atoms with van der Waals surface area (Å²) in [6.07, 6.45) is 9.08. The van der Waals surface area contributed by atoms with Crippen molar-refractivity contribution in [1.29, 1.82) is 0 Å². The lowest BCUT2D eigenvalue weighted by atomic mass is 9.47. The number of ketones is 1. The predicted octanol–water partition coefficient (Wildman–Crippen LogP) is 4.00. The quantitative estimate of drug-likeness (QED) is 0.720. The zero-order chi connectivity index (χ0) is 18.0. The summed E-state index contributed by atoms with van der Waals surface area (Å²) in [5.74, 6) is 1.92. The number of carbonyl (C=O) groups is 1. The summed E-state index contributed by atoms with van der Waals surface area (Å²) < 4.78 is 16.6. The second-order valence-electron chi connectivity index (χ2n) is 9.18. The van der Waals surface area contributed by atoms with Gasteiger partial charge in [0.1, 0.15) is 0 Å². The molecule has 3 fully saturated rings. The van der Waals surface area contributed by atoms with E-state index in [2.05, 4.69) is 13.8 Å². The van der Waals surface area contributed by atoms with Gasteiger partial charge >= 0.3 is 7.82 Å². The zero-order valence-corrected chi connectivity index (χ0v) is 16.0. The van der Waals surface area contributed by atoms with Crippen molar-refractivity contribution in [3.63, 3.8) is 0 Å². The Morgan fingerprint density at radius 3 is 2.56 bits per heavy atom. The Balaban J connectivity index is 1.61. The molecule has 0 saturated heterocycles. The minimum Gasteiger partial charge on any atom is -0.303 e. The maximum atomic E-state index is 11.9. The first-order chi connectivity index (χ1) is 11.6. The molecule has 2 N–H and O–H groups in total. The van der Waals surface area contributed by atoms with Crippen LogP contribution in [0.5, 0.6) is 0 Å². The van der Waals surface area contributed by atoms with Gasteiger partial charge in [-0.2, -0.15) is 0 Å². The normalized spacial score (nSPS) is 46.9. The van der Waals surface area contributed by atoms with Crippen molar-refractivity contribution < 1.29 is 23.7 Å². The fourth-order valence-electron chi connectivity index (χ4n) is 6.85. The molecule has 4 rings (SSSR count). The molecule has 0 aromatic heterocycles. The second kappa shape index (κ2) is 5.76. The SMILES string of the molecule is C[C@]12CC[C@H]3[C@@H](CCC4=CC(=O)CC[C@@]43C)[C@@H]1CC[C@@H]2OP(=O)(O)O. The molecule has 0 aromatic rings. The molecular formula is C19H29O5P. The van der Waals surface area contributed by atoms with Crippen LogP contribution in [0.4, 0.5) is 0 Å². The van der Waals surface area contributed by atoms with Crippen LogP contribution >= 0.6 is 7.82 Å². The summed E-state index contributed by atoms with van der Waals surface area (Å²) in [5, 5.41) is 0. The lowest BCUT2D eigenvalue weighted by Crippen LogP contribution is -2.51. The van der Waals surface area contributed by atoms with Gasteiger partial charge < -0.3 is 9.79 Å². The van der Waals surface area contributed by atoms with Crippen LogP contribution in [-0.2, 0) is 13.9 Å². The fourth-order valence-corrected chi connectivity index (χ4v) is 7.53. The number of rotatable bonds is 2. The number of hydrogen-bond donors (Lipinski definition) is 2. The van der Waals surface area contributed by atoms with Gasteiger partial charge in [0.15, 0.2) is 5.78 Å². The highest BCUT2D eigenvalue weighted by Gasteiger charge is 2.60. The van der Waals surface area contributed by atoms with Gasteiger partial charge in [-0.3, -0.25) is 9.32 Å². The van der Waals surface area contributed by atoms with E-state index in [4.69, 9.17) is 4.52 Å². The van der Waals surface area contributed by atoms with E-state index in [1.165, 1.54) is 5.57 Å². The van der Waals surface area contributed by atoms with E-state index in [0.717, 1.165) is 44.9 Å². The van der Waals surface area contributed by atoms with Crippen LogP contribution in [0.2, 0.25) is 0 Å². The molecule has 4 aliphatic carbocycles. The third kappa shape index (κ3) is 2.79. The molecule has 4 aliphatic rings. The van der Waals surface area contributed by atoms with E-state index in [1.807, 2.05) is 6.08 Å². The highest BCUT2D eigenvalue weighted by molar-refractivity contribution is 7.46. The highest BCUT2D eigenvalue weighted by atomic mass is 31.2.